The Morgan fingerprint density at radius 2 is 2.11 bits per heavy atom. The molecule has 0 amide bonds. The SMILES string of the molecule is CCc1cnc(Sc2ncnc3sc(CC)cc23)[nH]1. The summed E-state index contributed by atoms with van der Waals surface area (Å²) in [6, 6.07) is 2.19. The molecule has 3 aromatic rings. The molecule has 0 fully saturated rings. The number of imidazole rings is 1. The zero-order chi connectivity index (χ0) is 13.2. The van der Waals surface area contributed by atoms with Crippen LogP contribution in [0, 0.1) is 0 Å². The minimum atomic E-state index is 0.890. The van der Waals surface area contributed by atoms with Crippen molar-refractivity contribution in [3.63, 3.8) is 0 Å². The highest BCUT2D eigenvalue weighted by Gasteiger charge is 2.11. The molecule has 0 aliphatic rings. The van der Waals surface area contributed by atoms with Gasteiger partial charge in [0.2, 0.25) is 0 Å². The second-order valence-electron chi connectivity index (χ2n) is 4.13. The number of aryl methyl sites for hydroxylation is 2. The van der Waals surface area contributed by atoms with Gasteiger partial charge in [-0.25, -0.2) is 15.0 Å². The molecule has 6 heteroatoms. The van der Waals surface area contributed by atoms with Gasteiger partial charge < -0.3 is 4.98 Å². The summed E-state index contributed by atoms with van der Waals surface area (Å²) in [4.78, 5) is 18.8. The number of thiophene rings is 1. The lowest BCUT2D eigenvalue weighted by atomic mass is 10.3. The first-order valence-electron chi connectivity index (χ1n) is 6.25. The van der Waals surface area contributed by atoms with E-state index < -0.39 is 0 Å². The number of nitrogens with one attached hydrogen (secondary N) is 1. The van der Waals surface area contributed by atoms with Crippen molar-refractivity contribution in [1.29, 1.82) is 0 Å². The fraction of sp³-hybridized carbons (Fsp3) is 0.308. The van der Waals surface area contributed by atoms with E-state index in [4.69, 9.17) is 0 Å². The topological polar surface area (TPSA) is 54.5 Å². The number of aromatic amines is 1. The molecule has 0 aliphatic heterocycles. The Morgan fingerprint density at radius 1 is 1.21 bits per heavy atom. The molecule has 1 N–H and O–H groups in total. The van der Waals surface area contributed by atoms with Crippen molar-refractivity contribution < 1.29 is 0 Å². The van der Waals surface area contributed by atoms with E-state index in [0.29, 0.717) is 0 Å². The number of fused-ring (bicyclic) bond motifs is 1. The minimum Gasteiger partial charge on any atom is -0.337 e. The second-order valence-corrected chi connectivity index (χ2v) is 6.23. The van der Waals surface area contributed by atoms with Gasteiger partial charge in [0.15, 0.2) is 5.16 Å². The van der Waals surface area contributed by atoms with Crippen LogP contribution >= 0.6 is 23.1 Å². The molecule has 19 heavy (non-hydrogen) atoms. The molecule has 3 heterocycles. The van der Waals surface area contributed by atoms with Gasteiger partial charge in [-0.2, -0.15) is 0 Å². The number of rotatable bonds is 4. The molecule has 0 aliphatic carbocycles. The van der Waals surface area contributed by atoms with Crippen LogP contribution in [0.1, 0.15) is 24.4 Å². The largest absolute Gasteiger partial charge is 0.337 e. The summed E-state index contributed by atoms with van der Waals surface area (Å²) in [5.74, 6) is 0. The van der Waals surface area contributed by atoms with Crippen molar-refractivity contribution in [3.05, 3.63) is 29.2 Å². The van der Waals surface area contributed by atoms with Gasteiger partial charge in [0, 0.05) is 22.2 Å². The van der Waals surface area contributed by atoms with E-state index >= 15 is 0 Å². The van der Waals surface area contributed by atoms with Gasteiger partial charge in [0.25, 0.3) is 0 Å². The van der Waals surface area contributed by atoms with E-state index in [9.17, 15) is 0 Å². The lowest BCUT2D eigenvalue weighted by Gasteiger charge is -1.98. The molecule has 0 atom stereocenters. The molecular weight excluding hydrogens is 276 g/mol. The van der Waals surface area contributed by atoms with Crippen molar-refractivity contribution in [2.24, 2.45) is 0 Å². The Morgan fingerprint density at radius 3 is 2.84 bits per heavy atom. The van der Waals surface area contributed by atoms with Gasteiger partial charge in [0.05, 0.1) is 0 Å². The van der Waals surface area contributed by atoms with Crippen LogP contribution in [-0.2, 0) is 12.8 Å². The summed E-state index contributed by atoms with van der Waals surface area (Å²) in [7, 11) is 0. The van der Waals surface area contributed by atoms with E-state index in [-0.39, 0.29) is 0 Å². The first kappa shape index (κ1) is 12.6. The van der Waals surface area contributed by atoms with Gasteiger partial charge >= 0.3 is 0 Å². The van der Waals surface area contributed by atoms with E-state index in [1.165, 1.54) is 4.88 Å². The average Bonchev–Trinajstić information content (AvgIpc) is 3.05. The van der Waals surface area contributed by atoms with Crippen LogP contribution in [0.3, 0.4) is 0 Å². The summed E-state index contributed by atoms with van der Waals surface area (Å²) in [5, 5.41) is 2.99. The van der Waals surface area contributed by atoms with Crippen LogP contribution in [0.15, 0.2) is 28.8 Å². The average molecular weight is 290 g/mol. The monoisotopic (exact) mass is 290 g/mol. The number of nitrogens with zero attached hydrogens (tertiary/aromatic N) is 3. The normalized spacial score (nSPS) is 11.3. The highest BCUT2D eigenvalue weighted by atomic mass is 32.2. The van der Waals surface area contributed by atoms with E-state index in [1.54, 1.807) is 29.4 Å². The predicted molar refractivity (Wildman–Crippen MR) is 78.9 cm³/mol. The van der Waals surface area contributed by atoms with Crippen molar-refractivity contribution in [3.8, 4) is 0 Å². The first-order chi connectivity index (χ1) is 9.30. The Labute approximate surface area is 119 Å². The van der Waals surface area contributed by atoms with Gasteiger partial charge in [0.1, 0.15) is 16.2 Å². The lowest BCUT2D eigenvalue weighted by Crippen LogP contribution is -1.84. The molecule has 3 rings (SSSR count). The van der Waals surface area contributed by atoms with Crippen LogP contribution in [0.25, 0.3) is 10.2 Å². The predicted octanol–water partition coefficient (Wildman–Crippen LogP) is 3.69. The van der Waals surface area contributed by atoms with Gasteiger partial charge in [-0.05, 0) is 30.7 Å². The number of H-pyrrole nitrogens is 1. The molecule has 3 aromatic heterocycles. The standard InChI is InChI=1S/C13H14N4S2/c1-3-8-6-14-13(17-8)19-12-10-5-9(4-2)18-11(10)15-7-16-12/h5-7H,3-4H2,1-2H3,(H,14,17). The van der Waals surface area contributed by atoms with Crippen LogP contribution < -0.4 is 0 Å². The van der Waals surface area contributed by atoms with Gasteiger partial charge in [-0.3, -0.25) is 0 Å². The molecule has 0 saturated carbocycles. The molecular formula is C13H14N4S2. The third kappa shape index (κ3) is 2.50. The zero-order valence-electron chi connectivity index (χ0n) is 10.8. The summed E-state index contributed by atoms with van der Waals surface area (Å²) >= 11 is 3.30. The van der Waals surface area contributed by atoms with Crippen LogP contribution in [0.4, 0.5) is 0 Å². The smallest absolute Gasteiger partial charge is 0.171 e. The maximum atomic E-state index is 4.38. The fourth-order valence-electron chi connectivity index (χ4n) is 1.80. The van der Waals surface area contributed by atoms with Crippen LogP contribution in [0.5, 0.6) is 0 Å². The summed E-state index contributed by atoms with van der Waals surface area (Å²) < 4.78 is 0. The second kappa shape index (κ2) is 5.30. The third-order valence-electron chi connectivity index (χ3n) is 2.87. The summed E-state index contributed by atoms with van der Waals surface area (Å²) in [5.41, 5.74) is 1.15. The zero-order valence-corrected chi connectivity index (χ0v) is 12.4. The van der Waals surface area contributed by atoms with Gasteiger partial charge in [-0.15, -0.1) is 11.3 Å². The molecule has 0 aromatic carbocycles. The third-order valence-corrected chi connectivity index (χ3v) is 4.98. The van der Waals surface area contributed by atoms with Crippen LogP contribution in [-0.4, -0.2) is 19.9 Å². The molecule has 0 radical (unpaired) electrons. The van der Waals surface area contributed by atoms with Crippen molar-refractivity contribution >= 4 is 33.3 Å². The highest BCUT2D eigenvalue weighted by Crippen LogP contribution is 2.33. The quantitative estimate of drug-likeness (QED) is 0.745. The van der Waals surface area contributed by atoms with Crippen molar-refractivity contribution in [2.75, 3.05) is 0 Å². The Balaban J connectivity index is 1.97. The maximum Gasteiger partial charge on any atom is 0.171 e. The van der Waals surface area contributed by atoms with E-state index in [0.717, 1.165) is 38.9 Å². The Kier molecular flexibility index (Phi) is 3.52. The van der Waals surface area contributed by atoms with E-state index in [1.807, 2.05) is 6.20 Å². The van der Waals surface area contributed by atoms with Gasteiger partial charge in [-0.1, -0.05) is 13.8 Å². The molecule has 98 valence electrons. The Bertz CT molecular complexity index is 702. The van der Waals surface area contributed by atoms with Crippen molar-refractivity contribution in [1.82, 2.24) is 19.9 Å². The molecule has 0 saturated heterocycles. The molecule has 4 nitrogen and oxygen atoms in total. The summed E-state index contributed by atoms with van der Waals surface area (Å²) in [6.45, 7) is 4.27. The van der Waals surface area contributed by atoms with E-state index in [2.05, 4.69) is 39.8 Å². The lowest BCUT2D eigenvalue weighted by molar-refractivity contribution is 0.988. The maximum absolute atomic E-state index is 4.38. The first-order valence-corrected chi connectivity index (χ1v) is 7.88. The fourth-order valence-corrected chi connectivity index (χ4v) is 3.64. The molecule has 0 bridgehead atoms. The number of hydrogen-bond acceptors (Lipinski definition) is 5. The Hall–Kier alpha value is -1.40. The minimum absolute atomic E-state index is 0.890. The number of aromatic nitrogens is 4. The summed E-state index contributed by atoms with van der Waals surface area (Å²) in [6.07, 6.45) is 5.51. The van der Waals surface area contributed by atoms with Crippen LogP contribution in [0.2, 0.25) is 0 Å². The van der Waals surface area contributed by atoms with Crippen molar-refractivity contribution in [2.45, 2.75) is 36.9 Å². The molecule has 0 spiro atoms. The number of hydrogen-bond donors (Lipinski definition) is 1. The molecule has 0 unspecified atom stereocenters. The highest BCUT2D eigenvalue weighted by molar-refractivity contribution is 7.99.